The zero-order chi connectivity index (χ0) is 16.6. The van der Waals surface area contributed by atoms with Gasteiger partial charge in [0.1, 0.15) is 0 Å². The number of rotatable bonds is 7. The number of aromatic nitrogens is 2. The lowest BCUT2D eigenvalue weighted by Crippen LogP contribution is -2.47. The fourth-order valence-electron chi connectivity index (χ4n) is 3.14. The second-order valence-electron chi connectivity index (χ2n) is 6.32. The molecular weight excluding hydrogens is 300 g/mol. The van der Waals surface area contributed by atoms with Crippen molar-refractivity contribution in [3.63, 3.8) is 0 Å². The Labute approximate surface area is 144 Å². The first-order chi connectivity index (χ1) is 11.8. The molecule has 24 heavy (non-hydrogen) atoms. The molecule has 1 aromatic heterocycles. The molecule has 0 spiro atoms. The van der Waals surface area contributed by atoms with E-state index in [1.165, 1.54) is 5.56 Å². The normalized spacial score (nSPS) is 18.2. The fraction of sp³-hybridized carbons (Fsp3) is 0.474. The molecule has 1 aliphatic heterocycles. The average Bonchev–Trinajstić information content (AvgIpc) is 2.64. The van der Waals surface area contributed by atoms with Gasteiger partial charge in [-0.1, -0.05) is 30.3 Å². The van der Waals surface area contributed by atoms with E-state index in [-0.39, 0.29) is 6.04 Å². The fourth-order valence-corrected chi connectivity index (χ4v) is 3.14. The second kappa shape index (κ2) is 8.87. The minimum Gasteiger partial charge on any atom is -0.379 e. The van der Waals surface area contributed by atoms with E-state index in [4.69, 9.17) is 4.74 Å². The predicted octanol–water partition coefficient (Wildman–Crippen LogP) is 2.07. The van der Waals surface area contributed by atoms with Crippen LogP contribution in [0.2, 0.25) is 0 Å². The highest BCUT2D eigenvalue weighted by molar-refractivity contribution is 5.16. The maximum absolute atomic E-state index is 5.47. The average molecular weight is 326 g/mol. The van der Waals surface area contributed by atoms with Crippen LogP contribution in [0.25, 0.3) is 0 Å². The maximum atomic E-state index is 5.47. The molecule has 5 nitrogen and oxygen atoms in total. The van der Waals surface area contributed by atoms with Crippen molar-refractivity contribution < 1.29 is 4.74 Å². The molecular formula is C19H26N4O. The van der Waals surface area contributed by atoms with Crippen molar-refractivity contribution in [3.8, 4) is 0 Å². The van der Waals surface area contributed by atoms with Gasteiger partial charge in [-0.2, -0.15) is 0 Å². The van der Waals surface area contributed by atoms with Crippen molar-refractivity contribution in [2.45, 2.75) is 25.4 Å². The van der Waals surface area contributed by atoms with E-state index in [9.17, 15) is 0 Å². The molecule has 0 bridgehead atoms. The number of ether oxygens (including phenoxy) is 1. The minimum atomic E-state index is 0.174. The third-order valence-corrected chi connectivity index (χ3v) is 4.42. The van der Waals surface area contributed by atoms with Crippen molar-refractivity contribution >= 4 is 0 Å². The summed E-state index contributed by atoms with van der Waals surface area (Å²) in [4.78, 5) is 11.1. The summed E-state index contributed by atoms with van der Waals surface area (Å²) in [6.45, 7) is 6.85. The van der Waals surface area contributed by atoms with Crippen LogP contribution in [-0.4, -0.2) is 53.8 Å². The van der Waals surface area contributed by atoms with Crippen LogP contribution in [0.15, 0.2) is 48.9 Å². The molecule has 1 aliphatic rings. The molecule has 1 saturated heterocycles. The van der Waals surface area contributed by atoms with E-state index in [1.807, 2.05) is 6.20 Å². The SMILES string of the molecule is C[C@H](N[C@H](Cc1ccccc1)CN1CCOCC1)c1cnccn1. The Morgan fingerprint density at radius 1 is 1.17 bits per heavy atom. The van der Waals surface area contributed by atoms with E-state index >= 15 is 0 Å². The summed E-state index contributed by atoms with van der Waals surface area (Å²) >= 11 is 0. The van der Waals surface area contributed by atoms with Gasteiger partial charge in [0.05, 0.1) is 18.9 Å². The maximum Gasteiger partial charge on any atom is 0.0753 e. The lowest BCUT2D eigenvalue weighted by atomic mass is 10.0. The molecule has 2 heterocycles. The molecule has 2 atom stereocenters. The Morgan fingerprint density at radius 2 is 1.96 bits per heavy atom. The van der Waals surface area contributed by atoms with Gasteiger partial charge in [0.2, 0.25) is 0 Å². The zero-order valence-electron chi connectivity index (χ0n) is 14.3. The van der Waals surface area contributed by atoms with Crippen LogP contribution in [0, 0.1) is 0 Å². The Bertz CT molecular complexity index is 587. The van der Waals surface area contributed by atoms with Crippen molar-refractivity contribution in [1.82, 2.24) is 20.2 Å². The van der Waals surface area contributed by atoms with Gasteiger partial charge in [-0.3, -0.25) is 14.9 Å². The topological polar surface area (TPSA) is 50.3 Å². The van der Waals surface area contributed by atoms with E-state index < -0.39 is 0 Å². The summed E-state index contributed by atoms with van der Waals surface area (Å²) in [6, 6.07) is 11.2. The van der Waals surface area contributed by atoms with Crippen molar-refractivity contribution in [2.24, 2.45) is 0 Å². The smallest absolute Gasteiger partial charge is 0.0753 e. The highest BCUT2D eigenvalue weighted by Gasteiger charge is 2.20. The van der Waals surface area contributed by atoms with Gasteiger partial charge in [-0.15, -0.1) is 0 Å². The van der Waals surface area contributed by atoms with Gasteiger partial charge < -0.3 is 10.1 Å². The summed E-state index contributed by atoms with van der Waals surface area (Å²) < 4.78 is 5.47. The van der Waals surface area contributed by atoms with Crippen LogP contribution >= 0.6 is 0 Å². The first-order valence-electron chi connectivity index (χ1n) is 8.67. The molecule has 0 saturated carbocycles. The summed E-state index contributed by atoms with van der Waals surface area (Å²) in [7, 11) is 0. The van der Waals surface area contributed by atoms with E-state index in [1.54, 1.807) is 12.4 Å². The quantitative estimate of drug-likeness (QED) is 0.844. The van der Waals surface area contributed by atoms with Gasteiger partial charge in [-0.25, -0.2) is 0 Å². The Balaban J connectivity index is 1.66. The van der Waals surface area contributed by atoms with E-state index in [0.717, 1.165) is 45.0 Å². The Kier molecular flexibility index (Phi) is 6.29. The third-order valence-electron chi connectivity index (χ3n) is 4.42. The summed E-state index contributed by atoms with van der Waals surface area (Å²) in [5.41, 5.74) is 2.34. The van der Waals surface area contributed by atoms with Gasteiger partial charge in [0.15, 0.2) is 0 Å². The number of benzene rings is 1. The summed E-state index contributed by atoms with van der Waals surface area (Å²) in [6.07, 6.45) is 6.31. The zero-order valence-corrected chi connectivity index (χ0v) is 14.3. The van der Waals surface area contributed by atoms with Crippen LogP contribution in [-0.2, 0) is 11.2 Å². The van der Waals surface area contributed by atoms with Crippen LogP contribution < -0.4 is 5.32 Å². The van der Waals surface area contributed by atoms with Crippen LogP contribution in [0.4, 0.5) is 0 Å². The van der Waals surface area contributed by atoms with Gasteiger partial charge >= 0.3 is 0 Å². The molecule has 1 fully saturated rings. The highest BCUT2D eigenvalue weighted by Crippen LogP contribution is 2.12. The van der Waals surface area contributed by atoms with Gasteiger partial charge in [0.25, 0.3) is 0 Å². The minimum absolute atomic E-state index is 0.174. The predicted molar refractivity (Wildman–Crippen MR) is 94.8 cm³/mol. The molecule has 0 unspecified atom stereocenters. The molecule has 2 aromatic rings. The monoisotopic (exact) mass is 326 g/mol. The molecule has 5 heteroatoms. The number of nitrogens with zero attached hydrogens (tertiary/aromatic N) is 3. The van der Waals surface area contributed by atoms with E-state index in [2.05, 4.69) is 57.4 Å². The van der Waals surface area contributed by atoms with Crippen LogP contribution in [0.5, 0.6) is 0 Å². The number of nitrogens with one attached hydrogen (secondary N) is 1. The first kappa shape index (κ1) is 17.0. The molecule has 128 valence electrons. The number of hydrogen-bond acceptors (Lipinski definition) is 5. The number of hydrogen-bond donors (Lipinski definition) is 1. The Morgan fingerprint density at radius 3 is 2.67 bits per heavy atom. The van der Waals surface area contributed by atoms with Crippen LogP contribution in [0.3, 0.4) is 0 Å². The van der Waals surface area contributed by atoms with Crippen molar-refractivity contribution in [1.29, 1.82) is 0 Å². The summed E-state index contributed by atoms with van der Waals surface area (Å²) in [5, 5.41) is 3.74. The third kappa shape index (κ3) is 5.09. The van der Waals surface area contributed by atoms with Gasteiger partial charge in [-0.05, 0) is 18.9 Å². The first-order valence-corrected chi connectivity index (χ1v) is 8.67. The lowest BCUT2D eigenvalue weighted by Gasteiger charge is -2.32. The Hall–Kier alpha value is -1.82. The lowest BCUT2D eigenvalue weighted by molar-refractivity contribution is 0.0330. The summed E-state index contributed by atoms with van der Waals surface area (Å²) in [5.74, 6) is 0. The van der Waals surface area contributed by atoms with Crippen molar-refractivity contribution in [2.75, 3.05) is 32.8 Å². The molecule has 1 N–H and O–H groups in total. The van der Waals surface area contributed by atoms with Gasteiger partial charge in [0, 0.05) is 50.3 Å². The molecule has 3 rings (SSSR count). The second-order valence-corrected chi connectivity index (χ2v) is 6.32. The molecule has 1 aromatic carbocycles. The standard InChI is InChI=1S/C19H26N4O/c1-16(19-14-20-7-8-21-19)22-18(13-17-5-3-2-4-6-17)15-23-9-11-24-12-10-23/h2-8,14,16,18,22H,9-13,15H2,1H3/t16-,18+/m0/s1. The van der Waals surface area contributed by atoms with Crippen molar-refractivity contribution in [3.05, 3.63) is 60.2 Å². The van der Waals surface area contributed by atoms with Crippen LogP contribution in [0.1, 0.15) is 24.2 Å². The highest BCUT2D eigenvalue weighted by atomic mass is 16.5. The molecule has 0 aliphatic carbocycles. The van der Waals surface area contributed by atoms with E-state index in [0.29, 0.717) is 6.04 Å². The molecule has 0 amide bonds. The largest absolute Gasteiger partial charge is 0.379 e. The number of morpholine rings is 1. The molecule has 0 radical (unpaired) electrons.